The number of nitrogens with one attached hydrogen (secondary N) is 2. The number of rotatable bonds is 7. The quantitative estimate of drug-likeness (QED) is 0.491. The van der Waals surface area contributed by atoms with E-state index >= 15 is 0 Å². The van der Waals surface area contributed by atoms with Crippen molar-refractivity contribution in [3.63, 3.8) is 0 Å². The normalized spacial score (nSPS) is 15.7. The van der Waals surface area contributed by atoms with Gasteiger partial charge >= 0.3 is 0 Å². The Kier molecular flexibility index (Phi) is 7.68. The highest BCUT2D eigenvalue weighted by molar-refractivity contribution is 7.11. The van der Waals surface area contributed by atoms with Crippen LogP contribution in [-0.2, 0) is 13.1 Å². The lowest BCUT2D eigenvalue weighted by Gasteiger charge is -2.32. The molecule has 1 aromatic heterocycles. The summed E-state index contributed by atoms with van der Waals surface area (Å²) in [6, 6.07) is 8.68. The zero-order chi connectivity index (χ0) is 19.8. The number of aliphatic hydroxyl groups is 1. The van der Waals surface area contributed by atoms with E-state index < -0.39 is 0 Å². The molecule has 2 aromatic rings. The minimum Gasteiger partial charge on any atom is -0.396 e. The first-order valence-electron chi connectivity index (χ1n) is 10.1. The number of thiazole rings is 1. The highest BCUT2D eigenvalue weighted by Gasteiger charge is 2.18. The molecule has 0 atom stereocenters. The van der Waals surface area contributed by atoms with Gasteiger partial charge in [-0.2, -0.15) is 0 Å². The Bertz CT molecular complexity index is 750. The minimum atomic E-state index is 0.315. The number of piperidine rings is 1. The molecule has 0 radical (unpaired) electrons. The summed E-state index contributed by atoms with van der Waals surface area (Å²) in [5.74, 6) is 1.28. The second-order valence-electron chi connectivity index (χ2n) is 7.19. The molecule has 3 N–H and O–H groups in total. The molecule has 0 amide bonds. The molecule has 0 bridgehead atoms. The molecule has 1 fully saturated rings. The molecule has 1 aromatic carbocycles. The molecule has 152 valence electrons. The Labute approximate surface area is 171 Å². The number of aliphatic imine (C=N–C) groups is 1. The lowest BCUT2D eigenvalue weighted by Crippen LogP contribution is -2.36. The standard InChI is InChI=1S/C21H31N5OS/c1-3-22-21(25-14-20-23-12-16(2)28-20)24-13-17-4-6-19(7-5-17)26-10-8-18(15-27)9-11-26/h4-7,12,18,27H,3,8-11,13-15H2,1-2H3,(H2,22,24,25). The second kappa shape index (κ2) is 10.4. The molecule has 0 spiro atoms. The highest BCUT2D eigenvalue weighted by Crippen LogP contribution is 2.23. The van der Waals surface area contributed by atoms with Gasteiger partial charge in [0.2, 0.25) is 0 Å². The monoisotopic (exact) mass is 401 g/mol. The van der Waals surface area contributed by atoms with E-state index in [1.807, 2.05) is 6.20 Å². The number of hydrogen-bond acceptors (Lipinski definition) is 5. The molecule has 1 saturated heterocycles. The van der Waals surface area contributed by atoms with Gasteiger partial charge in [-0.15, -0.1) is 11.3 Å². The van der Waals surface area contributed by atoms with E-state index in [0.29, 0.717) is 25.6 Å². The van der Waals surface area contributed by atoms with Gasteiger partial charge in [-0.1, -0.05) is 12.1 Å². The summed E-state index contributed by atoms with van der Waals surface area (Å²) in [6.45, 7) is 8.64. The number of aromatic nitrogens is 1. The Hall–Kier alpha value is -2.12. The van der Waals surface area contributed by atoms with Crippen LogP contribution in [-0.4, -0.2) is 42.3 Å². The van der Waals surface area contributed by atoms with Crippen molar-refractivity contribution in [1.82, 2.24) is 15.6 Å². The number of benzene rings is 1. The highest BCUT2D eigenvalue weighted by atomic mass is 32.1. The van der Waals surface area contributed by atoms with Crippen LogP contribution in [0.1, 0.15) is 35.2 Å². The van der Waals surface area contributed by atoms with Gasteiger partial charge in [-0.25, -0.2) is 9.98 Å². The molecule has 0 unspecified atom stereocenters. The Morgan fingerprint density at radius 3 is 2.61 bits per heavy atom. The molecule has 2 heterocycles. The fourth-order valence-electron chi connectivity index (χ4n) is 3.34. The lowest BCUT2D eigenvalue weighted by atomic mass is 9.97. The van der Waals surface area contributed by atoms with Crippen molar-refractivity contribution in [2.75, 3.05) is 31.1 Å². The first-order valence-corrected chi connectivity index (χ1v) is 10.9. The smallest absolute Gasteiger partial charge is 0.191 e. The number of nitrogens with zero attached hydrogens (tertiary/aromatic N) is 3. The van der Waals surface area contributed by atoms with Gasteiger partial charge in [0.1, 0.15) is 5.01 Å². The molecule has 7 heteroatoms. The van der Waals surface area contributed by atoms with Crippen LogP contribution in [0.15, 0.2) is 35.5 Å². The van der Waals surface area contributed by atoms with Crippen molar-refractivity contribution in [3.05, 3.63) is 45.9 Å². The van der Waals surface area contributed by atoms with Gasteiger partial charge in [0.25, 0.3) is 0 Å². The molecular formula is C21H31N5OS. The van der Waals surface area contributed by atoms with Gasteiger partial charge in [0.05, 0.1) is 13.1 Å². The maximum Gasteiger partial charge on any atom is 0.191 e. The predicted octanol–water partition coefficient (Wildman–Crippen LogP) is 2.92. The van der Waals surface area contributed by atoms with Crippen molar-refractivity contribution >= 4 is 23.0 Å². The van der Waals surface area contributed by atoms with Crippen LogP contribution >= 0.6 is 11.3 Å². The average Bonchev–Trinajstić information content (AvgIpc) is 3.16. The summed E-state index contributed by atoms with van der Waals surface area (Å²) < 4.78 is 0. The zero-order valence-electron chi connectivity index (χ0n) is 16.8. The molecule has 6 nitrogen and oxygen atoms in total. The third-order valence-electron chi connectivity index (χ3n) is 5.01. The van der Waals surface area contributed by atoms with Crippen molar-refractivity contribution < 1.29 is 5.11 Å². The van der Waals surface area contributed by atoms with Crippen LogP contribution in [0.25, 0.3) is 0 Å². The second-order valence-corrected chi connectivity index (χ2v) is 8.51. The van der Waals surface area contributed by atoms with E-state index in [2.05, 4.69) is 58.6 Å². The first-order chi connectivity index (χ1) is 13.7. The van der Waals surface area contributed by atoms with Crippen LogP contribution in [0, 0.1) is 12.8 Å². The zero-order valence-corrected chi connectivity index (χ0v) is 17.6. The summed E-state index contributed by atoms with van der Waals surface area (Å²) in [5, 5.41) is 17.0. The maximum atomic E-state index is 9.29. The number of anilines is 1. The first kappa shape index (κ1) is 20.6. The molecular weight excluding hydrogens is 370 g/mol. The van der Waals surface area contributed by atoms with E-state index in [1.165, 1.54) is 16.1 Å². The largest absolute Gasteiger partial charge is 0.396 e. The van der Waals surface area contributed by atoms with E-state index in [-0.39, 0.29) is 0 Å². The van der Waals surface area contributed by atoms with Gasteiger partial charge in [0, 0.05) is 43.0 Å². The van der Waals surface area contributed by atoms with Gasteiger partial charge in [-0.3, -0.25) is 0 Å². The predicted molar refractivity (Wildman–Crippen MR) is 117 cm³/mol. The number of aliphatic hydroxyl groups excluding tert-OH is 1. The third-order valence-corrected chi connectivity index (χ3v) is 5.93. The summed E-state index contributed by atoms with van der Waals surface area (Å²) in [6.07, 6.45) is 4.04. The Morgan fingerprint density at radius 2 is 2.00 bits per heavy atom. The third kappa shape index (κ3) is 5.94. The Balaban J connectivity index is 1.53. The van der Waals surface area contributed by atoms with Gasteiger partial charge < -0.3 is 20.6 Å². The lowest BCUT2D eigenvalue weighted by molar-refractivity contribution is 0.203. The van der Waals surface area contributed by atoms with E-state index in [9.17, 15) is 5.11 Å². The SMILES string of the molecule is CCNC(=NCc1ccc(N2CCC(CO)CC2)cc1)NCc1ncc(C)s1. The van der Waals surface area contributed by atoms with Gasteiger partial charge in [0.15, 0.2) is 5.96 Å². The molecule has 3 rings (SSSR count). The minimum absolute atomic E-state index is 0.315. The number of guanidine groups is 1. The summed E-state index contributed by atoms with van der Waals surface area (Å²) >= 11 is 1.70. The summed E-state index contributed by atoms with van der Waals surface area (Å²) in [5.41, 5.74) is 2.45. The summed E-state index contributed by atoms with van der Waals surface area (Å²) in [4.78, 5) is 12.7. The van der Waals surface area contributed by atoms with E-state index in [1.54, 1.807) is 11.3 Å². The molecule has 1 aliphatic heterocycles. The van der Waals surface area contributed by atoms with Crippen LogP contribution in [0.5, 0.6) is 0 Å². The number of hydrogen-bond donors (Lipinski definition) is 3. The van der Waals surface area contributed by atoms with Crippen LogP contribution < -0.4 is 15.5 Å². The van der Waals surface area contributed by atoms with Crippen LogP contribution in [0.4, 0.5) is 5.69 Å². The topological polar surface area (TPSA) is 72.8 Å². The molecule has 28 heavy (non-hydrogen) atoms. The van der Waals surface area contributed by atoms with E-state index in [4.69, 9.17) is 4.99 Å². The number of aryl methyl sites for hydroxylation is 1. The maximum absolute atomic E-state index is 9.29. The van der Waals surface area contributed by atoms with Crippen LogP contribution in [0.2, 0.25) is 0 Å². The molecule has 1 aliphatic rings. The fourth-order valence-corrected chi connectivity index (χ4v) is 4.07. The molecule has 0 saturated carbocycles. The van der Waals surface area contributed by atoms with Crippen molar-refractivity contribution in [3.8, 4) is 0 Å². The van der Waals surface area contributed by atoms with E-state index in [0.717, 1.165) is 43.4 Å². The van der Waals surface area contributed by atoms with Crippen molar-refractivity contribution in [1.29, 1.82) is 0 Å². The average molecular weight is 402 g/mol. The van der Waals surface area contributed by atoms with Crippen molar-refractivity contribution in [2.45, 2.75) is 39.8 Å². The van der Waals surface area contributed by atoms with Crippen molar-refractivity contribution in [2.24, 2.45) is 10.9 Å². The van der Waals surface area contributed by atoms with Crippen LogP contribution in [0.3, 0.4) is 0 Å². The summed E-state index contributed by atoms with van der Waals surface area (Å²) in [7, 11) is 0. The Morgan fingerprint density at radius 1 is 1.25 bits per heavy atom. The fraction of sp³-hybridized carbons (Fsp3) is 0.524. The van der Waals surface area contributed by atoms with Gasteiger partial charge in [-0.05, 0) is 50.3 Å². The molecule has 0 aliphatic carbocycles.